The molecule has 0 spiro atoms. The standard InChI is InChI=1S/C15H14ClFN2O/c1-9(11-4-2-3-5-14(11)18)19-15(20)12-7-6-10(17)8-13(12)16/h2-9H,18H2,1H3,(H,19,20). The molecule has 2 aromatic rings. The Morgan fingerprint density at radius 2 is 2.00 bits per heavy atom. The van der Waals surface area contributed by atoms with Gasteiger partial charge < -0.3 is 11.1 Å². The molecule has 0 heterocycles. The first-order chi connectivity index (χ1) is 9.49. The number of halogens is 2. The summed E-state index contributed by atoms with van der Waals surface area (Å²) >= 11 is 5.86. The van der Waals surface area contributed by atoms with Crippen molar-refractivity contribution in [1.29, 1.82) is 0 Å². The maximum Gasteiger partial charge on any atom is 0.253 e. The molecule has 20 heavy (non-hydrogen) atoms. The van der Waals surface area contributed by atoms with Crippen molar-refractivity contribution in [2.24, 2.45) is 0 Å². The normalized spacial score (nSPS) is 11.9. The van der Waals surface area contributed by atoms with Crippen LogP contribution in [0.15, 0.2) is 42.5 Å². The lowest BCUT2D eigenvalue weighted by atomic mass is 10.1. The molecule has 0 aliphatic heterocycles. The van der Waals surface area contributed by atoms with E-state index in [0.717, 1.165) is 11.6 Å². The van der Waals surface area contributed by atoms with E-state index in [1.54, 1.807) is 6.07 Å². The van der Waals surface area contributed by atoms with Gasteiger partial charge in [-0.3, -0.25) is 4.79 Å². The minimum Gasteiger partial charge on any atom is -0.398 e. The first-order valence-corrected chi connectivity index (χ1v) is 6.47. The fourth-order valence-corrected chi connectivity index (χ4v) is 2.18. The minimum absolute atomic E-state index is 0.0794. The number of rotatable bonds is 3. The monoisotopic (exact) mass is 292 g/mol. The van der Waals surface area contributed by atoms with Gasteiger partial charge in [0, 0.05) is 5.69 Å². The van der Waals surface area contributed by atoms with E-state index < -0.39 is 5.82 Å². The van der Waals surface area contributed by atoms with Crippen LogP contribution in [0.5, 0.6) is 0 Å². The quantitative estimate of drug-likeness (QED) is 0.850. The smallest absolute Gasteiger partial charge is 0.253 e. The van der Waals surface area contributed by atoms with Crippen LogP contribution in [-0.4, -0.2) is 5.91 Å². The van der Waals surface area contributed by atoms with Gasteiger partial charge in [0.1, 0.15) is 5.82 Å². The lowest BCUT2D eigenvalue weighted by Crippen LogP contribution is -2.27. The SMILES string of the molecule is CC(NC(=O)c1ccc(F)cc1Cl)c1ccccc1N. The molecule has 3 nitrogen and oxygen atoms in total. The largest absolute Gasteiger partial charge is 0.398 e. The lowest BCUT2D eigenvalue weighted by molar-refractivity contribution is 0.0940. The molecule has 0 radical (unpaired) electrons. The van der Waals surface area contributed by atoms with Crippen molar-refractivity contribution >= 4 is 23.2 Å². The van der Waals surface area contributed by atoms with Crippen LogP contribution in [0.1, 0.15) is 28.9 Å². The number of nitrogens with one attached hydrogen (secondary N) is 1. The van der Waals surface area contributed by atoms with Crippen LogP contribution in [0.25, 0.3) is 0 Å². The highest BCUT2D eigenvalue weighted by molar-refractivity contribution is 6.33. The number of benzene rings is 2. The van der Waals surface area contributed by atoms with Gasteiger partial charge in [-0.15, -0.1) is 0 Å². The molecular weight excluding hydrogens is 279 g/mol. The van der Waals surface area contributed by atoms with Gasteiger partial charge in [0.2, 0.25) is 0 Å². The van der Waals surface area contributed by atoms with Gasteiger partial charge in [-0.1, -0.05) is 29.8 Å². The first-order valence-electron chi connectivity index (χ1n) is 6.09. The Morgan fingerprint density at radius 1 is 1.30 bits per heavy atom. The number of nitrogen functional groups attached to an aromatic ring is 1. The third kappa shape index (κ3) is 3.08. The molecule has 0 saturated carbocycles. The Morgan fingerprint density at radius 3 is 2.65 bits per heavy atom. The summed E-state index contributed by atoms with van der Waals surface area (Å²) in [5.74, 6) is -0.849. The number of hydrogen-bond acceptors (Lipinski definition) is 2. The summed E-state index contributed by atoms with van der Waals surface area (Å²) in [6.45, 7) is 1.82. The number of para-hydroxylation sites is 1. The van der Waals surface area contributed by atoms with Crippen molar-refractivity contribution in [3.63, 3.8) is 0 Å². The molecule has 0 aliphatic rings. The Hall–Kier alpha value is -2.07. The fraction of sp³-hybridized carbons (Fsp3) is 0.133. The average Bonchev–Trinajstić information content (AvgIpc) is 2.38. The lowest BCUT2D eigenvalue weighted by Gasteiger charge is -2.16. The zero-order valence-electron chi connectivity index (χ0n) is 10.9. The van der Waals surface area contributed by atoms with Crippen molar-refractivity contribution < 1.29 is 9.18 Å². The third-order valence-electron chi connectivity index (χ3n) is 2.99. The molecule has 1 unspecified atom stereocenters. The van der Waals surface area contributed by atoms with Gasteiger partial charge >= 0.3 is 0 Å². The van der Waals surface area contributed by atoms with Crippen LogP contribution in [0, 0.1) is 5.82 Å². The van der Waals surface area contributed by atoms with E-state index in [9.17, 15) is 9.18 Å². The van der Waals surface area contributed by atoms with Gasteiger partial charge in [-0.2, -0.15) is 0 Å². The highest BCUT2D eigenvalue weighted by Crippen LogP contribution is 2.22. The van der Waals surface area contributed by atoms with Crippen molar-refractivity contribution in [2.45, 2.75) is 13.0 Å². The van der Waals surface area contributed by atoms with Crippen molar-refractivity contribution in [3.8, 4) is 0 Å². The van der Waals surface area contributed by atoms with E-state index in [0.29, 0.717) is 5.69 Å². The van der Waals surface area contributed by atoms with E-state index in [1.165, 1.54) is 12.1 Å². The summed E-state index contributed by atoms with van der Waals surface area (Å²) in [5.41, 5.74) is 7.51. The highest BCUT2D eigenvalue weighted by atomic mass is 35.5. The molecule has 0 aromatic heterocycles. The topological polar surface area (TPSA) is 55.1 Å². The van der Waals surface area contributed by atoms with Crippen LogP contribution in [-0.2, 0) is 0 Å². The number of amides is 1. The van der Waals surface area contributed by atoms with Gasteiger partial charge in [0.15, 0.2) is 0 Å². The molecule has 1 amide bonds. The van der Waals surface area contributed by atoms with Crippen molar-refractivity contribution in [3.05, 3.63) is 64.4 Å². The Labute approximate surface area is 121 Å². The number of carbonyl (C=O) groups is 1. The minimum atomic E-state index is -0.480. The maximum absolute atomic E-state index is 13.0. The molecule has 0 bridgehead atoms. The Balaban J connectivity index is 2.17. The summed E-state index contributed by atoms with van der Waals surface area (Å²) in [5, 5.41) is 2.87. The maximum atomic E-state index is 13.0. The predicted molar refractivity (Wildman–Crippen MR) is 78.1 cm³/mol. The third-order valence-corrected chi connectivity index (χ3v) is 3.30. The molecule has 0 aliphatic carbocycles. The van der Waals surface area contributed by atoms with Crippen LogP contribution < -0.4 is 11.1 Å². The van der Waals surface area contributed by atoms with E-state index in [-0.39, 0.29) is 22.5 Å². The van der Waals surface area contributed by atoms with Crippen LogP contribution >= 0.6 is 11.6 Å². The Kier molecular flexibility index (Phi) is 4.25. The molecule has 0 fully saturated rings. The van der Waals surface area contributed by atoms with Gasteiger partial charge in [-0.25, -0.2) is 4.39 Å². The number of nitrogens with two attached hydrogens (primary N) is 1. The van der Waals surface area contributed by atoms with Crippen molar-refractivity contribution in [1.82, 2.24) is 5.32 Å². The zero-order valence-corrected chi connectivity index (χ0v) is 11.6. The summed E-state index contributed by atoms with van der Waals surface area (Å²) in [7, 11) is 0. The van der Waals surface area contributed by atoms with E-state index in [2.05, 4.69) is 5.32 Å². The van der Waals surface area contributed by atoms with E-state index in [4.69, 9.17) is 17.3 Å². The average molecular weight is 293 g/mol. The molecule has 104 valence electrons. The highest BCUT2D eigenvalue weighted by Gasteiger charge is 2.15. The summed E-state index contributed by atoms with van der Waals surface area (Å²) in [6, 6.07) is 10.7. The Bertz CT molecular complexity index is 646. The van der Waals surface area contributed by atoms with Crippen LogP contribution in [0.3, 0.4) is 0 Å². The number of carbonyl (C=O) groups excluding carboxylic acids is 1. The summed E-state index contributed by atoms with van der Waals surface area (Å²) < 4.78 is 13.0. The molecule has 1 atom stereocenters. The second kappa shape index (κ2) is 5.92. The second-order valence-corrected chi connectivity index (χ2v) is 4.86. The summed E-state index contributed by atoms with van der Waals surface area (Å²) in [6.07, 6.45) is 0. The molecule has 0 saturated heterocycles. The van der Waals surface area contributed by atoms with Gasteiger partial charge in [0.25, 0.3) is 5.91 Å². The molecule has 3 N–H and O–H groups in total. The van der Waals surface area contributed by atoms with Crippen LogP contribution in [0.2, 0.25) is 5.02 Å². The van der Waals surface area contributed by atoms with Gasteiger partial charge in [0.05, 0.1) is 16.6 Å². The second-order valence-electron chi connectivity index (χ2n) is 4.45. The number of anilines is 1. The molecule has 2 aromatic carbocycles. The predicted octanol–water partition coefficient (Wildman–Crippen LogP) is 3.55. The number of hydrogen-bond donors (Lipinski definition) is 2. The fourth-order valence-electron chi connectivity index (χ4n) is 1.93. The van der Waals surface area contributed by atoms with Crippen LogP contribution in [0.4, 0.5) is 10.1 Å². The summed E-state index contributed by atoms with van der Waals surface area (Å²) in [4.78, 5) is 12.1. The molecular formula is C15H14ClFN2O. The molecule has 5 heteroatoms. The van der Waals surface area contributed by atoms with E-state index in [1.807, 2.05) is 25.1 Å². The van der Waals surface area contributed by atoms with Gasteiger partial charge in [-0.05, 0) is 36.8 Å². The first kappa shape index (κ1) is 14.3. The van der Waals surface area contributed by atoms with E-state index >= 15 is 0 Å². The molecule has 2 rings (SSSR count). The van der Waals surface area contributed by atoms with Crippen molar-refractivity contribution in [2.75, 3.05) is 5.73 Å². The zero-order chi connectivity index (χ0) is 14.7.